The lowest BCUT2D eigenvalue weighted by Crippen LogP contribution is -1.72. The van der Waals surface area contributed by atoms with Crippen molar-refractivity contribution in [3.05, 3.63) is 24.5 Å². The van der Waals surface area contributed by atoms with Crippen molar-refractivity contribution < 1.29 is 3.83 Å². The number of rotatable bonds is 1. The first kappa shape index (κ1) is 5.56. The van der Waals surface area contributed by atoms with E-state index in [0.29, 0.717) is 5.75 Å². The molecule has 1 rings (SSSR count). The third-order valence-corrected chi connectivity index (χ3v) is 1.10. The summed E-state index contributed by atoms with van der Waals surface area (Å²) in [6.07, 6.45) is 3.31. The first-order valence-electron chi connectivity index (χ1n) is 2.12. The van der Waals surface area contributed by atoms with Crippen molar-refractivity contribution in [2.45, 2.75) is 0 Å². The van der Waals surface area contributed by atoms with E-state index < -0.39 is 0 Å². The summed E-state index contributed by atoms with van der Waals surface area (Å²) >= 11 is 2.82. The summed E-state index contributed by atoms with van der Waals surface area (Å²) in [5, 5.41) is 0. The van der Waals surface area contributed by atoms with Crippen LogP contribution in [-0.2, 0) is 0 Å². The lowest BCUT2D eigenvalue weighted by Gasteiger charge is -1.89. The van der Waals surface area contributed by atoms with Gasteiger partial charge in [0.1, 0.15) is 0 Å². The molecule has 0 N–H and O–H groups in total. The number of hydrogen-bond donors (Lipinski definition) is 0. The molecule has 0 unspecified atom stereocenters. The van der Waals surface area contributed by atoms with E-state index in [9.17, 15) is 0 Å². The topological polar surface area (TPSA) is 22.1 Å². The Morgan fingerprint density at radius 2 is 2.50 bits per heavy atom. The van der Waals surface area contributed by atoms with Gasteiger partial charge in [-0.3, -0.25) is 4.98 Å². The number of aromatic nitrogens is 1. The Labute approximate surface area is 56.0 Å². The molecule has 1 aromatic heterocycles. The summed E-state index contributed by atoms with van der Waals surface area (Å²) in [4.78, 5) is 3.80. The maximum Gasteiger partial charge on any atom is 0.179 e. The van der Waals surface area contributed by atoms with Crippen LogP contribution in [0.4, 0.5) is 0 Å². The van der Waals surface area contributed by atoms with Crippen molar-refractivity contribution in [3.63, 3.8) is 0 Å². The van der Waals surface area contributed by atoms with E-state index in [1.807, 2.05) is 6.07 Å². The van der Waals surface area contributed by atoms with E-state index in [2.05, 4.69) is 25.1 Å². The van der Waals surface area contributed by atoms with Gasteiger partial charge < -0.3 is 3.83 Å². The number of pyridine rings is 1. The molecule has 3 heteroatoms. The van der Waals surface area contributed by atoms with Gasteiger partial charge in [0.25, 0.3) is 0 Å². The van der Waals surface area contributed by atoms with Crippen LogP contribution in [-0.4, -0.2) is 4.98 Å². The first-order valence-corrected chi connectivity index (χ1v) is 2.77. The van der Waals surface area contributed by atoms with Gasteiger partial charge in [0.15, 0.2) is 22.0 Å². The molecule has 0 atom stereocenters. The highest BCUT2D eigenvalue weighted by molar-refractivity contribution is 9.06. The number of nitrogens with zero attached hydrogens (tertiary/aromatic N) is 1. The Morgan fingerprint density at radius 3 is 2.88 bits per heavy atom. The molecule has 0 saturated carbocycles. The van der Waals surface area contributed by atoms with E-state index >= 15 is 0 Å². The van der Waals surface area contributed by atoms with Gasteiger partial charge in [-0.25, -0.2) is 0 Å². The molecule has 0 amide bonds. The summed E-state index contributed by atoms with van der Waals surface area (Å²) in [6.45, 7) is 0. The Hall–Kier alpha value is -0.570. The van der Waals surface area contributed by atoms with E-state index in [1.165, 1.54) is 0 Å². The molecule has 0 bridgehead atoms. The highest BCUT2D eigenvalue weighted by Crippen LogP contribution is 2.07. The molecule has 0 aliphatic carbocycles. The molecule has 0 fully saturated rings. The van der Waals surface area contributed by atoms with E-state index in [0.717, 1.165) is 0 Å². The molecule has 0 aliphatic heterocycles. The fraction of sp³-hybridized carbons (Fsp3) is 0. The predicted molar refractivity (Wildman–Crippen MR) is 33.8 cm³/mol. The molecule has 2 nitrogen and oxygen atoms in total. The second-order valence-corrected chi connectivity index (χ2v) is 1.59. The summed E-state index contributed by atoms with van der Waals surface area (Å²) in [7, 11) is 0. The van der Waals surface area contributed by atoms with Crippen molar-refractivity contribution in [3.8, 4) is 5.75 Å². The number of halogens is 1. The second kappa shape index (κ2) is 2.67. The fourth-order valence-electron chi connectivity index (χ4n) is 0.393. The third-order valence-electron chi connectivity index (χ3n) is 0.723. The molecule has 8 heavy (non-hydrogen) atoms. The predicted octanol–water partition coefficient (Wildman–Crippen LogP) is 1.77. The Morgan fingerprint density at radius 1 is 1.62 bits per heavy atom. The zero-order chi connectivity index (χ0) is 5.82. The monoisotopic (exact) mass is 173 g/mol. The quantitative estimate of drug-likeness (QED) is 0.647. The maximum atomic E-state index is 4.66. The van der Waals surface area contributed by atoms with E-state index in [4.69, 9.17) is 0 Å². The van der Waals surface area contributed by atoms with Gasteiger partial charge in [-0.15, -0.1) is 0 Å². The largest absolute Gasteiger partial charge is 0.416 e. The summed E-state index contributed by atoms with van der Waals surface area (Å²) in [6, 6.07) is 3.61. The molecule has 1 heterocycles. The average Bonchev–Trinajstić information content (AvgIpc) is 1.90. The molecule has 1 aromatic rings. The highest BCUT2D eigenvalue weighted by atomic mass is 79.9. The minimum atomic E-state index is 0.715. The van der Waals surface area contributed by atoms with Crippen LogP contribution in [0, 0.1) is 0 Å². The van der Waals surface area contributed by atoms with Crippen LogP contribution in [0.25, 0.3) is 0 Å². The van der Waals surface area contributed by atoms with Gasteiger partial charge in [0, 0.05) is 6.20 Å². The van der Waals surface area contributed by atoms with Crippen LogP contribution in [0.3, 0.4) is 0 Å². The van der Waals surface area contributed by atoms with Crippen molar-refractivity contribution in [2.75, 3.05) is 0 Å². The van der Waals surface area contributed by atoms with Gasteiger partial charge in [-0.05, 0) is 12.1 Å². The zero-order valence-corrected chi connectivity index (χ0v) is 5.63. The molecule has 0 aliphatic rings. The van der Waals surface area contributed by atoms with Gasteiger partial charge >= 0.3 is 0 Å². The lowest BCUT2D eigenvalue weighted by molar-refractivity contribution is 0.673. The molecule has 0 radical (unpaired) electrons. The molecular formula is C5H4BrNO. The van der Waals surface area contributed by atoms with Crippen molar-refractivity contribution in [2.24, 2.45) is 0 Å². The molecule has 0 aromatic carbocycles. The van der Waals surface area contributed by atoms with Crippen LogP contribution >= 0.6 is 16.3 Å². The Balaban J connectivity index is 2.83. The summed E-state index contributed by atoms with van der Waals surface area (Å²) < 4.78 is 4.66. The standard InChI is InChI=1S/C5H4BrNO/c6-8-5-2-1-3-7-4-5/h1-4H. The third kappa shape index (κ3) is 1.20. The average molecular weight is 174 g/mol. The highest BCUT2D eigenvalue weighted by Gasteiger charge is 1.83. The van der Waals surface area contributed by atoms with Gasteiger partial charge in [0.2, 0.25) is 0 Å². The first-order chi connectivity index (χ1) is 3.93. The zero-order valence-electron chi connectivity index (χ0n) is 4.04. The van der Waals surface area contributed by atoms with Crippen molar-refractivity contribution in [1.29, 1.82) is 0 Å². The number of hydrogen-bond acceptors (Lipinski definition) is 2. The summed E-state index contributed by atoms with van der Waals surface area (Å²) in [5.41, 5.74) is 0. The van der Waals surface area contributed by atoms with Crippen LogP contribution in [0.5, 0.6) is 5.75 Å². The maximum absolute atomic E-state index is 4.66. The molecule has 0 spiro atoms. The Bertz CT molecular complexity index is 154. The summed E-state index contributed by atoms with van der Waals surface area (Å²) in [5.74, 6) is 0.715. The van der Waals surface area contributed by atoms with Gasteiger partial charge in [-0.2, -0.15) is 0 Å². The smallest absolute Gasteiger partial charge is 0.179 e. The van der Waals surface area contributed by atoms with Crippen LogP contribution in [0.2, 0.25) is 0 Å². The molecule has 0 saturated heterocycles. The fourth-order valence-corrected chi connectivity index (χ4v) is 0.584. The SMILES string of the molecule is BrOc1cccnc1. The van der Waals surface area contributed by atoms with Crippen molar-refractivity contribution in [1.82, 2.24) is 4.98 Å². The Kier molecular flexibility index (Phi) is 1.86. The lowest BCUT2D eigenvalue weighted by atomic mass is 10.5. The minimum Gasteiger partial charge on any atom is -0.416 e. The minimum absolute atomic E-state index is 0.715. The second-order valence-electron chi connectivity index (χ2n) is 1.27. The normalized spacial score (nSPS) is 8.62. The van der Waals surface area contributed by atoms with Gasteiger partial charge in [0.05, 0.1) is 6.20 Å². The van der Waals surface area contributed by atoms with Crippen LogP contribution in [0.1, 0.15) is 0 Å². The van der Waals surface area contributed by atoms with Crippen LogP contribution < -0.4 is 3.83 Å². The molecular weight excluding hydrogens is 170 g/mol. The van der Waals surface area contributed by atoms with Crippen molar-refractivity contribution >= 4 is 16.3 Å². The van der Waals surface area contributed by atoms with Gasteiger partial charge in [-0.1, -0.05) is 0 Å². The van der Waals surface area contributed by atoms with E-state index in [1.54, 1.807) is 18.5 Å². The molecule has 42 valence electrons. The van der Waals surface area contributed by atoms with E-state index in [-0.39, 0.29) is 0 Å². The van der Waals surface area contributed by atoms with Crippen LogP contribution in [0.15, 0.2) is 24.5 Å².